The summed E-state index contributed by atoms with van der Waals surface area (Å²) in [5, 5.41) is 3.97. The molecule has 0 aromatic rings. The molecule has 0 bridgehead atoms. The summed E-state index contributed by atoms with van der Waals surface area (Å²) in [6.45, 7) is 3.82. The van der Waals surface area contributed by atoms with Crippen LogP contribution in [-0.2, 0) is 14.3 Å². The molecule has 1 fully saturated rings. The number of piperidine rings is 1. The van der Waals surface area contributed by atoms with Crippen molar-refractivity contribution in [1.82, 2.24) is 15.5 Å². The Labute approximate surface area is 144 Å². The molecule has 25 heavy (non-hydrogen) atoms. The zero-order valence-electron chi connectivity index (χ0n) is 14.5. The molecule has 144 valence electrons. The van der Waals surface area contributed by atoms with Crippen molar-refractivity contribution in [2.75, 3.05) is 26.2 Å². The van der Waals surface area contributed by atoms with Crippen LogP contribution in [0.4, 0.5) is 18.0 Å². The standard InChI is InChI=1S/C15H24F3N3O4/c1-14(2,3)25-13(24)21-6-4-5-10(8-21)12(23)19-7-11(22)20-9-15(16,17)18/h10H,4-9H2,1-3H3,(H,19,23)(H,20,22). The lowest BCUT2D eigenvalue weighted by Gasteiger charge is -2.33. The maximum absolute atomic E-state index is 12.1. The van der Waals surface area contributed by atoms with E-state index < -0.39 is 48.7 Å². The number of hydrogen-bond acceptors (Lipinski definition) is 4. The monoisotopic (exact) mass is 367 g/mol. The Bertz CT molecular complexity index is 503. The molecule has 3 amide bonds. The second kappa shape index (κ2) is 8.39. The number of alkyl halides is 3. The van der Waals surface area contributed by atoms with Crippen molar-refractivity contribution in [3.8, 4) is 0 Å². The molecule has 1 unspecified atom stereocenters. The number of carbonyl (C=O) groups excluding carboxylic acids is 3. The third-order valence-electron chi connectivity index (χ3n) is 3.35. The molecule has 1 rings (SSSR count). The highest BCUT2D eigenvalue weighted by Crippen LogP contribution is 2.19. The van der Waals surface area contributed by atoms with Crippen LogP contribution in [0.1, 0.15) is 33.6 Å². The van der Waals surface area contributed by atoms with Gasteiger partial charge < -0.3 is 20.3 Å². The second-order valence-corrected chi connectivity index (χ2v) is 6.88. The van der Waals surface area contributed by atoms with E-state index in [0.29, 0.717) is 19.4 Å². The molecule has 1 saturated heterocycles. The Balaban J connectivity index is 2.43. The maximum atomic E-state index is 12.1. The predicted octanol–water partition coefficient (Wildman–Crippen LogP) is 1.43. The highest BCUT2D eigenvalue weighted by atomic mass is 19.4. The number of rotatable bonds is 4. The smallest absolute Gasteiger partial charge is 0.410 e. The molecule has 1 atom stereocenters. The summed E-state index contributed by atoms with van der Waals surface area (Å²) in [5.74, 6) is -1.93. The third kappa shape index (κ3) is 8.59. The first-order chi connectivity index (χ1) is 11.4. The number of ether oxygens (including phenoxy) is 1. The molecule has 10 heteroatoms. The van der Waals surface area contributed by atoms with Crippen LogP contribution in [-0.4, -0.2) is 60.8 Å². The quantitative estimate of drug-likeness (QED) is 0.787. The van der Waals surface area contributed by atoms with Gasteiger partial charge in [-0.3, -0.25) is 9.59 Å². The lowest BCUT2D eigenvalue weighted by Crippen LogP contribution is -2.48. The van der Waals surface area contributed by atoms with Gasteiger partial charge in [-0.1, -0.05) is 0 Å². The van der Waals surface area contributed by atoms with E-state index in [0.717, 1.165) is 0 Å². The minimum Gasteiger partial charge on any atom is -0.444 e. The topological polar surface area (TPSA) is 87.7 Å². The van der Waals surface area contributed by atoms with Gasteiger partial charge in [0.2, 0.25) is 11.8 Å². The Hall–Kier alpha value is -2.00. The number of carbonyl (C=O) groups is 3. The van der Waals surface area contributed by atoms with Gasteiger partial charge in [0.1, 0.15) is 12.1 Å². The fourth-order valence-corrected chi connectivity index (χ4v) is 2.26. The number of nitrogens with one attached hydrogen (secondary N) is 2. The van der Waals surface area contributed by atoms with E-state index in [1.807, 2.05) is 0 Å². The van der Waals surface area contributed by atoms with Crippen molar-refractivity contribution in [3.63, 3.8) is 0 Å². The van der Waals surface area contributed by atoms with E-state index in [9.17, 15) is 27.6 Å². The van der Waals surface area contributed by atoms with Gasteiger partial charge in [-0.05, 0) is 33.6 Å². The van der Waals surface area contributed by atoms with E-state index >= 15 is 0 Å². The lowest BCUT2D eigenvalue weighted by atomic mass is 9.97. The van der Waals surface area contributed by atoms with E-state index in [1.165, 1.54) is 4.90 Å². The first kappa shape index (κ1) is 21.0. The second-order valence-electron chi connectivity index (χ2n) is 6.88. The van der Waals surface area contributed by atoms with E-state index in [4.69, 9.17) is 4.74 Å². The van der Waals surface area contributed by atoms with Crippen molar-refractivity contribution >= 4 is 17.9 Å². The first-order valence-corrected chi connectivity index (χ1v) is 7.96. The van der Waals surface area contributed by atoms with Gasteiger partial charge in [-0.25, -0.2) is 4.79 Å². The van der Waals surface area contributed by atoms with Gasteiger partial charge in [0.15, 0.2) is 0 Å². The average molecular weight is 367 g/mol. The first-order valence-electron chi connectivity index (χ1n) is 7.96. The van der Waals surface area contributed by atoms with Crippen LogP contribution in [0.25, 0.3) is 0 Å². The molecule has 1 heterocycles. The van der Waals surface area contributed by atoms with Gasteiger partial charge in [0.25, 0.3) is 0 Å². The van der Waals surface area contributed by atoms with Crippen molar-refractivity contribution in [3.05, 3.63) is 0 Å². The zero-order valence-corrected chi connectivity index (χ0v) is 14.5. The fourth-order valence-electron chi connectivity index (χ4n) is 2.26. The Morgan fingerprint density at radius 2 is 1.80 bits per heavy atom. The van der Waals surface area contributed by atoms with Crippen molar-refractivity contribution in [1.29, 1.82) is 0 Å². The van der Waals surface area contributed by atoms with Crippen LogP contribution in [0.2, 0.25) is 0 Å². The minimum atomic E-state index is -4.50. The SMILES string of the molecule is CC(C)(C)OC(=O)N1CCCC(C(=O)NCC(=O)NCC(F)(F)F)C1. The molecule has 0 radical (unpaired) electrons. The molecule has 0 saturated carbocycles. The van der Waals surface area contributed by atoms with E-state index in [2.05, 4.69) is 5.32 Å². The summed E-state index contributed by atoms with van der Waals surface area (Å²) in [5.41, 5.74) is -0.650. The molecule has 0 aliphatic carbocycles. The summed E-state index contributed by atoms with van der Waals surface area (Å²) in [6.07, 6.45) is -3.91. The molecular weight excluding hydrogens is 343 g/mol. The van der Waals surface area contributed by atoms with Crippen LogP contribution in [0.5, 0.6) is 0 Å². The normalized spacial score (nSPS) is 18.5. The number of likely N-dealkylation sites (tertiary alicyclic amines) is 1. The summed E-state index contributed by atoms with van der Waals surface area (Å²) in [4.78, 5) is 36.8. The van der Waals surface area contributed by atoms with Crippen LogP contribution in [0, 0.1) is 5.92 Å². The third-order valence-corrected chi connectivity index (χ3v) is 3.35. The predicted molar refractivity (Wildman–Crippen MR) is 82.6 cm³/mol. The Morgan fingerprint density at radius 3 is 2.36 bits per heavy atom. The highest BCUT2D eigenvalue weighted by molar-refractivity contribution is 5.86. The summed E-state index contributed by atoms with van der Waals surface area (Å²) in [7, 11) is 0. The lowest BCUT2D eigenvalue weighted by molar-refractivity contribution is -0.138. The molecule has 0 spiro atoms. The number of nitrogens with zero attached hydrogens (tertiary/aromatic N) is 1. The average Bonchev–Trinajstić information content (AvgIpc) is 2.48. The van der Waals surface area contributed by atoms with Crippen LogP contribution < -0.4 is 10.6 Å². The molecule has 0 aromatic carbocycles. The van der Waals surface area contributed by atoms with E-state index in [-0.39, 0.29) is 6.54 Å². The maximum Gasteiger partial charge on any atom is 0.410 e. The molecule has 7 nitrogen and oxygen atoms in total. The van der Waals surface area contributed by atoms with Gasteiger partial charge in [-0.15, -0.1) is 0 Å². The Morgan fingerprint density at radius 1 is 1.16 bits per heavy atom. The fraction of sp³-hybridized carbons (Fsp3) is 0.800. The number of halogens is 3. The summed E-state index contributed by atoms with van der Waals surface area (Å²) >= 11 is 0. The largest absolute Gasteiger partial charge is 0.444 e. The van der Waals surface area contributed by atoms with E-state index in [1.54, 1.807) is 26.1 Å². The number of amides is 3. The minimum absolute atomic E-state index is 0.144. The van der Waals surface area contributed by atoms with Crippen LogP contribution in [0.15, 0.2) is 0 Å². The van der Waals surface area contributed by atoms with Crippen molar-refractivity contribution in [2.45, 2.75) is 45.4 Å². The van der Waals surface area contributed by atoms with Gasteiger partial charge in [0, 0.05) is 13.1 Å². The molecule has 1 aliphatic rings. The molecule has 0 aromatic heterocycles. The summed E-state index contributed by atoms with van der Waals surface area (Å²) < 4.78 is 41.2. The van der Waals surface area contributed by atoms with Gasteiger partial charge in [0.05, 0.1) is 12.5 Å². The van der Waals surface area contributed by atoms with Crippen LogP contribution >= 0.6 is 0 Å². The summed E-state index contributed by atoms with van der Waals surface area (Å²) in [6, 6.07) is 0. The zero-order chi connectivity index (χ0) is 19.3. The van der Waals surface area contributed by atoms with Crippen molar-refractivity contribution < 1.29 is 32.3 Å². The Kier molecular flexibility index (Phi) is 7.06. The molecule has 2 N–H and O–H groups in total. The van der Waals surface area contributed by atoms with Crippen LogP contribution in [0.3, 0.4) is 0 Å². The van der Waals surface area contributed by atoms with Gasteiger partial charge in [-0.2, -0.15) is 13.2 Å². The highest BCUT2D eigenvalue weighted by Gasteiger charge is 2.31. The van der Waals surface area contributed by atoms with Gasteiger partial charge >= 0.3 is 12.3 Å². The number of hydrogen-bond donors (Lipinski definition) is 2. The molecular formula is C15H24F3N3O4. The van der Waals surface area contributed by atoms with Crippen molar-refractivity contribution in [2.24, 2.45) is 5.92 Å². The molecule has 1 aliphatic heterocycles.